The Morgan fingerprint density at radius 1 is 1.03 bits per heavy atom. The Hall–Kier alpha value is -3.81. The van der Waals surface area contributed by atoms with Gasteiger partial charge in [0.25, 0.3) is 0 Å². The number of carbonyl (C=O) groups is 1. The number of aromatic nitrogens is 4. The Morgan fingerprint density at radius 2 is 1.86 bits per heavy atom. The highest BCUT2D eigenvalue weighted by Gasteiger charge is 2.23. The normalized spacial score (nSPS) is 13.2. The second kappa shape index (κ2) is 6.97. The molecule has 144 valence electrons. The third-order valence-electron chi connectivity index (χ3n) is 4.99. The minimum absolute atomic E-state index is 0.0999. The van der Waals surface area contributed by atoms with Gasteiger partial charge in [0, 0.05) is 23.1 Å². The fourth-order valence-corrected chi connectivity index (χ4v) is 3.51. The molecule has 0 fully saturated rings. The van der Waals surface area contributed by atoms with Crippen LogP contribution in [0.15, 0.2) is 48.5 Å². The minimum atomic E-state index is -0.621. The summed E-state index contributed by atoms with van der Waals surface area (Å²) in [5, 5.41) is 14.4. The van der Waals surface area contributed by atoms with Gasteiger partial charge in [-0.2, -0.15) is 5.10 Å². The summed E-state index contributed by atoms with van der Waals surface area (Å²) in [7, 11) is 0. The number of benzene rings is 2. The molecule has 2 aromatic carbocycles. The molecule has 2 aromatic heterocycles. The molecule has 0 radical (unpaired) electrons. The van der Waals surface area contributed by atoms with Crippen LogP contribution in [0.2, 0.25) is 0 Å². The number of nitrogens with zero attached hydrogens (tertiary/aromatic N) is 3. The highest BCUT2D eigenvalue weighted by molar-refractivity contribution is 5.91. The van der Waals surface area contributed by atoms with E-state index in [1.54, 1.807) is 18.2 Å². The molecule has 1 aliphatic rings. The Kier molecular flexibility index (Phi) is 4.16. The molecule has 0 saturated heterocycles. The standard InChI is InChI=1S/C21H17FN6O/c22-10-12-5-1-2-6-13(12)19-24-17-9-18(29)23-11-15(17)20(25-19)26-21-14-7-3-4-8-16(14)27-28-21/h1-8H,9-11H2,(H,23,29)(H2,24,25,26,27,28). The first-order valence-electron chi connectivity index (χ1n) is 9.24. The lowest BCUT2D eigenvalue weighted by Crippen LogP contribution is -2.32. The van der Waals surface area contributed by atoms with Crippen molar-refractivity contribution in [3.8, 4) is 11.4 Å². The van der Waals surface area contributed by atoms with Gasteiger partial charge in [0.15, 0.2) is 11.6 Å². The number of alkyl halides is 1. The summed E-state index contributed by atoms with van der Waals surface area (Å²) >= 11 is 0. The van der Waals surface area contributed by atoms with E-state index in [1.165, 1.54) is 0 Å². The Bertz CT molecular complexity index is 1240. The van der Waals surface area contributed by atoms with Gasteiger partial charge in [-0.05, 0) is 17.7 Å². The molecule has 4 aromatic rings. The van der Waals surface area contributed by atoms with Crippen molar-refractivity contribution < 1.29 is 9.18 Å². The summed E-state index contributed by atoms with van der Waals surface area (Å²) in [5.74, 6) is 1.46. The molecule has 0 atom stereocenters. The van der Waals surface area contributed by atoms with Gasteiger partial charge in [-0.25, -0.2) is 14.4 Å². The number of H-pyrrole nitrogens is 1. The quantitative estimate of drug-likeness (QED) is 0.498. The van der Waals surface area contributed by atoms with Gasteiger partial charge in [-0.1, -0.05) is 36.4 Å². The lowest BCUT2D eigenvalue weighted by atomic mass is 10.0. The van der Waals surface area contributed by atoms with Crippen molar-refractivity contribution in [3.63, 3.8) is 0 Å². The second-order valence-corrected chi connectivity index (χ2v) is 6.81. The van der Waals surface area contributed by atoms with Crippen LogP contribution in [0.3, 0.4) is 0 Å². The van der Waals surface area contributed by atoms with Gasteiger partial charge >= 0.3 is 0 Å². The lowest BCUT2D eigenvalue weighted by molar-refractivity contribution is -0.121. The fourth-order valence-electron chi connectivity index (χ4n) is 3.51. The van der Waals surface area contributed by atoms with E-state index in [9.17, 15) is 9.18 Å². The summed E-state index contributed by atoms with van der Waals surface area (Å²) in [4.78, 5) is 21.2. The molecule has 7 nitrogen and oxygen atoms in total. The Morgan fingerprint density at radius 3 is 2.76 bits per heavy atom. The molecule has 1 aliphatic heterocycles. The van der Waals surface area contributed by atoms with Gasteiger partial charge in [0.05, 0.1) is 17.6 Å². The van der Waals surface area contributed by atoms with E-state index in [0.29, 0.717) is 40.8 Å². The number of anilines is 2. The van der Waals surface area contributed by atoms with Gasteiger partial charge in [0.2, 0.25) is 5.91 Å². The third-order valence-corrected chi connectivity index (χ3v) is 4.99. The molecule has 8 heteroatoms. The van der Waals surface area contributed by atoms with Crippen LogP contribution < -0.4 is 10.6 Å². The molecule has 0 saturated carbocycles. The zero-order valence-electron chi connectivity index (χ0n) is 15.4. The van der Waals surface area contributed by atoms with Crippen molar-refractivity contribution in [2.24, 2.45) is 0 Å². The van der Waals surface area contributed by atoms with E-state index in [0.717, 1.165) is 16.5 Å². The molecular weight excluding hydrogens is 371 g/mol. The lowest BCUT2D eigenvalue weighted by Gasteiger charge is -2.20. The largest absolute Gasteiger partial charge is 0.351 e. The smallest absolute Gasteiger partial charge is 0.226 e. The number of carbonyl (C=O) groups excluding carboxylic acids is 1. The molecular formula is C21H17FN6O. The highest BCUT2D eigenvalue weighted by atomic mass is 19.1. The van der Waals surface area contributed by atoms with Crippen LogP contribution in [0.5, 0.6) is 0 Å². The zero-order chi connectivity index (χ0) is 19.8. The summed E-state index contributed by atoms with van der Waals surface area (Å²) in [6, 6.07) is 14.8. The van der Waals surface area contributed by atoms with Crippen molar-refractivity contribution >= 4 is 28.4 Å². The van der Waals surface area contributed by atoms with Crippen LogP contribution in [0.4, 0.5) is 16.0 Å². The SMILES string of the molecule is O=C1Cc2nc(-c3ccccc3CF)nc(Nc3n[nH]c4ccccc34)c2CN1. The van der Waals surface area contributed by atoms with Crippen LogP contribution in [-0.4, -0.2) is 26.1 Å². The van der Waals surface area contributed by atoms with E-state index in [-0.39, 0.29) is 12.3 Å². The van der Waals surface area contributed by atoms with Crippen molar-refractivity contribution in [2.45, 2.75) is 19.6 Å². The number of aromatic amines is 1. The van der Waals surface area contributed by atoms with Gasteiger partial charge in [-0.3, -0.25) is 9.89 Å². The fraction of sp³-hybridized carbons (Fsp3) is 0.143. The molecule has 5 rings (SSSR count). The van der Waals surface area contributed by atoms with Gasteiger partial charge < -0.3 is 10.6 Å². The van der Waals surface area contributed by atoms with E-state index >= 15 is 0 Å². The Labute approximate surface area is 165 Å². The summed E-state index contributed by atoms with van der Waals surface area (Å²) in [6.07, 6.45) is 0.151. The molecule has 0 spiro atoms. The number of fused-ring (bicyclic) bond motifs is 2. The third kappa shape index (κ3) is 3.08. The van der Waals surface area contributed by atoms with Crippen LogP contribution in [-0.2, 0) is 24.4 Å². The van der Waals surface area contributed by atoms with Crippen molar-refractivity contribution in [2.75, 3.05) is 5.32 Å². The molecule has 3 heterocycles. The first-order valence-corrected chi connectivity index (χ1v) is 9.24. The van der Waals surface area contributed by atoms with Crippen LogP contribution >= 0.6 is 0 Å². The van der Waals surface area contributed by atoms with Gasteiger partial charge in [0.1, 0.15) is 12.5 Å². The molecule has 0 aliphatic carbocycles. The predicted octanol–water partition coefficient (Wildman–Crippen LogP) is 3.41. The first kappa shape index (κ1) is 17.3. The number of amides is 1. The second-order valence-electron chi connectivity index (χ2n) is 6.81. The number of hydrogen-bond acceptors (Lipinski definition) is 5. The maximum absolute atomic E-state index is 13.5. The van der Waals surface area contributed by atoms with E-state index in [2.05, 4.69) is 30.8 Å². The zero-order valence-corrected chi connectivity index (χ0v) is 15.4. The Balaban J connectivity index is 1.65. The molecule has 29 heavy (non-hydrogen) atoms. The van der Waals surface area contributed by atoms with E-state index < -0.39 is 6.67 Å². The van der Waals surface area contributed by atoms with E-state index in [4.69, 9.17) is 0 Å². The number of hydrogen-bond donors (Lipinski definition) is 3. The molecule has 0 bridgehead atoms. The molecule has 0 unspecified atom stereocenters. The summed E-state index contributed by atoms with van der Waals surface area (Å²) in [6.45, 7) is -0.298. The maximum Gasteiger partial charge on any atom is 0.226 e. The molecule has 1 amide bonds. The van der Waals surface area contributed by atoms with Crippen molar-refractivity contribution in [3.05, 3.63) is 65.4 Å². The monoisotopic (exact) mass is 388 g/mol. The van der Waals surface area contributed by atoms with Crippen LogP contribution in [0.1, 0.15) is 16.8 Å². The number of para-hydroxylation sites is 1. The average molecular weight is 388 g/mol. The predicted molar refractivity (Wildman–Crippen MR) is 107 cm³/mol. The van der Waals surface area contributed by atoms with Crippen molar-refractivity contribution in [1.82, 2.24) is 25.5 Å². The number of rotatable bonds is 4. The summed E-state index contributed by atoms with van der Waals surface area (Å²) < 4.78 is 13.5. The van der Waals surface area contributed by atoms with Crippen molar-refractivity contribution in [1.29, 1.82) is 0 Å². The number of halogens is 1. The topological polar surface area (TPSA) is 95.6 Å². The maximum atomic E-state index is 13.5. The molecule has 3 N–H and O–H groups in total. The van der Waals surface area contributed by atoms with Crippen LogP contribution in [0.25, 0.3) is 22.3 Å². The first-order chi connectivity index (χ1) is 14.2. The average Bonchev–Trinajstić information content (AvgIpc) is 3.16. The van der Waals surface area contributed by atoms with Crippen LogP contribution in [0, 0.1) is 0 Å². The minimum Gasteiger partial charge on any atom is -0.351 e. The van der Waals surface area contributed by atoms with E-state index in [1.807, 2.05) is 30.3 Å². The highest BCUT2D eigenvalue weighted by Crippen LogP contribution is 2.30. The summed E-state index contributed by atoms with van der Waals surface area (Å²) in [5.41, 5.74) is 3.45. The van der Waals surface area contributed by atoms with Gasteiger partial charge in [-0.15, -0.1) is 0 Å². The number of nitrogens with one attached hydrogen (secondary N) is 3.